The first-order chi connectivity index (χ1) is 6.81. The zero-order valence-electron chi connectivity index (χ0n) is 7.59. The lowest BCUT2D eigenvalue weighted by Gasteiger charge is -2.25. The molecule has 0 spiro atoms. The fourth-order valence-corrected chi connectivity index (χ4v) is 1.47. The van der Waals surface area contributed by atoms with Gasteiger partial charge in [0.2, 0.25) is 0 Å². The van der Waals surface area contributed by atoms with Crippen molar-refractivity contribution in [2.75, 3.05) is 6.61 Å². The molecule has 2 heterocycles. The molecule has 4 heteroatoms. The molecular formula is C10H12O4. The van der Waals surface area contributed by atoms with Crippen LogP contribution in [0.3, 0.4) is 0 Å². The Bertz CT molecular complexity index is 315. The van der Waals surface area contributed by atoms with E-state index in [0.29, 0.717) is 12.0 Å². The number of aliphatic hydroxyl groups is 2. The van der Waals surface area contributed by atoms with Crippen LogP contribution in [0.25, 0.3) is 0 Å². The summed E-state index contributed by atoms with van der Waals surface area (Å²) in [4.78, 5) is 0. The van der Waals surface area contributed by atoms with Gasteiger partial charge >= 0.3 is 0 Å². The van der Waals surface area contributed by atoms with E-state index < -0.39 is 6.29 Å². The SMILES string of the molecule is OCC1=CCC(c2ccoc2)OC1O. The molecule has 0 amide bonds. The molecular weight excluding hydrogens is 184 g/mol. The van der Waals surface area contributed by atoms with E-state index in [1.54, 1.807) is 24.7 Å². The lowest BCUT2D eigenvalue weighted by molar-refractivity contribution is -0.125. The highest BCUT2D eigenvalue weighted by Crippen LogP contribution is 2.29. The Morgan fingerprint density at radius 3 is 2.93 bits per heavy atom. The molecule has 1 aromatic rings. The lowest BCUT2D eigenvalue weighted by atomic mass is 10.0. The summed E-state index contributed by atoms with van der Waals surface area (Å²) in [5, 5.41) is 18.3. The van der Waals surface area contributed by atoms with Crippen molar-refractivity contribution >= 4 is 0 Å². The minimum atomic E-state index is -1.01. The second kappa shape index (κ2) is 3.96. The Morgan fingerprint density at radius 2 is 2.36 bits per heavy atom. The van der Waals surface area contributed by atoms with Crippen LogP contribution in [0.4, 0.5) is 0 Å². The Morgan fingerprint density at radius 1 is 1.50 bits per heavy atom. The maximum Gasteiger partial charge on any atom is 0.180 e. The molecule has 2 atom stereocenters. The maximum absolute atomic E-state index is 9.46. The molecule has 1 aliphatic rings. The van der Waals surface area contributed by atoms with Crippen LogP contribution in [0.5, 0.6) is 0 Å². The summed E-state index contributed by atoms with van der Waals surface area (Å²) in [6, 6.07) is 1.80. The van der Waals surface area contributed by atoms with Crippen molar-refractivity contribution < 1.29 is 19.4 Å². The quantitative estimate of drug-likeness (QED) is 0.692. The van der Waals surface area contributed by atoms with Crippen molar-refractivity contribution in [3.8, 4) is 0 Å². The van der Waals surface area contributed by atoms with E-state index in [9.17, 15) is 5.11 Å². The second-order valence-electron chi connectivity index (χ2n) is 3.21. The fraction of sp³-hybridized carbons (Fsp3) is 0.400. The number of ether oxygens (including phenoxy) is 1. The fourth-order valence-electron chi connectivity index (χ4n) is 1.47. The molecule has 1 aromatic heterocycles. The summed E-state index contributed by atoms with van der Waals surface area (Å²) in [5.41, 5.74) is 1.42. The highest BCUT2D eigenvalue weighted by atomic mass is 16.6. The Kier molecular flexibility index (Phi) is 2.67. The van der Waals surface area contributed by atoms with E-state index in [4.69, 9.17) is 14.3 Å². The molecule has 76 valence electrons. The number of furan rings is 1. The first-order valence-electron chi connectivity index (χ1n) is 4.46. The van der Waals surface area contributed by atoms with E-state index in [-0.39, 0.29) is 12.7 Å². The van der Waals surface area contributed by atoms with Gasteiger partial charge < -0.3 is 19.4 Å². The second-order valence-corrected chi connectivity index (χ2v) is 3.21. The standard InChI is InChI=1S/C10H12O4/c11-5-7-1-2-9(14-10(7)12)8-3-4-13-6-8/h1,3-4,6,9-12H,2,5H2. The van der Waals surface area contributed by atoms with Gasteiger partial charge in [0, 0.05) is 11.1 Å². The van der Waals surface area contributed by atoms with Gasteiger partial charge in [-0.05, 0) is 12.5 Å². The van der Waals surface area contributed by atoms with Crippen LogP contribution in [-0.4, -0.2) is 23.1 Å². The summed E-state index contributed by atoms with van der Waals surface area (Å²) in [6.45, 7) is -0.167. The van der Waals surface area contributed by atoms with E-state index in [2.05, 4.69) is 0 Å². The molecule has 0 aromatic carbocycles. The Labute approximate surface area is 81.4 Å². The van der Waals surface area contributed by atoms with Gasteiger partial charge in [0.25, 0.3) is 0 Å². The van der Waals surface area contributed by atoms with Crippen LogP contribution in [0.15, 0.2) is 34.7 Å². The number of hydrogen-bond acceptors (Lipinski definition) is 4. The summed E-state index contributed by atoms with van der Waals surface area (Å²) >= 11 is 0. The molecule has 2 unspecified atom stereocenters. The zero-order valence-corrected chi connectivity index (χ0v) is 7.59. The van der Waals surface area contributed by atoms with E-state index >= 15 is 0 Å². The first-order valence-corrected chi connectivity index (χ1v) is 4.46. The molecule has 0 aliphatic carbocycles. The predicted octanol–water partition coefficient (Wildman–Crippen LogP) is 0.978. The number of hydrogen-bond donors (Lipinski definition) is 2. The van der Waals surface area contributed by atoms with Gasteiger partial charge in [-0.25, -0.2) is 0 Å². The van der Waals surface area contributed by atoms with Crippen LogP contribution in [-0.2, 0) is 4.74 Å². The third-order valence-electron chi connectivity index (χ3n) is 2.30. The van der Waals surface area contributed by atoms with Crippen LogP contribution in [0.1, 0.15) is 18.1 Å². The normalized spacial score (nSPS) is 27.4. The van der Waals surface area contributed by atoms with Crippen molar-refractivity contribution in [3.63, 3.8) is 0 Å². The van der Waals surface area contributed by atoms with E-state index in [1.807, 2.05) is 0 Å². The van der Waals surface area contributed by atoms with Crippen molar-refractivity contribution in [3.05, 3.63) is 35.8 Å². The van der Waals surface area contributed by atoms with Gasteiger partial charge in [0.05, 0.1) is 25.2 Å². The van der Waals surface area contributed by atoms with Gasteiger partial charge in [-0.1, -0.05) is 6.08 Å². The minimum absolute atomic E-state index is 0.167. The third-order valence-corrected chi connectivity index (χ3v) is 2.30. The summed E-state index contributed by atoms with van der Waals surface area (Å²) in [5.74, 6) is 0. The predicted molar refractivity (Wildman–Crippen MR) is 48.3 cm³/mol. The van der Waals surface area contributed by atoms with Crippen molar-refractivity contribution in [2.24, 2.45) is 0 Å². The monoisotopic (exact) mass is 196 g/mol. The van der Waals surface area contributed by atoms with Crippen molar-refractivity contribution in [1.29, 1.82) is 0 Å². The van der Waals surface area contributed by atoms with Crippen LogP contribution in [0.2, 0.25) is 0 Å². The summed E-state index contributed by atoms with van der Waals surface area (Å²) < 4.78 is 10.2. The molecule has 0 fully saturated rings. The van der Waals surface area contributed by atoms with Gasteiger partial charge in [0.15, 0.2) is 6.29 Å². The highest BCUT2D eigenvalue weighted by molar-refractivity contribution is 5.17. The first kappa shape index (κ1) is 9.45. The van der Waals surface area contributed by atoms with Gasteiger partial charge in [-0.3, -0.25) is 0 Å². The summed E-state index contributed by atoms with van der Waals surface area (Å²) in [7, 11) is 0. The Balaban J connectivity index is 2.10. The van der Waals surface area contributed by atoms with Crippen molar-refractivity contribution in [1.82, 2.24) is 0 Å². The molecule has 0 bridgehead atoms. The van der Waals surface area contributed by atoms with Gasteiger partial charge in [0.1, 0.15) is 0 Å². The van der Waals surface area contributed by atoms with Gasteiger partial charge in [-0.2, -0.15) is 0 Å². The van der Waals surface area contributed by atoms with E-state index in [1.165, 1.54) is 0 Å². The molecule has 2 N–H and O–H groups in total. The molecule has 0 radical (unpaired) electrons. The highest BCUT2D eigenvalue weighted by Gasteiger charge is 2.23. The van der Waals surface area contributed by atoms with Crippen LogP contribution in [0, 0.1) is 0 Å². The molecule has 1 aliphatic heterocycles. The third kappa shape index (κ3) is 1.72. The topological polar surface area (TPSA) is 62.8 Å². The van der Waals surface area contributed by atoms with Crippen molar-refractivity contribution in [2.45, 2.75) is 18.8 Å². The summed E-state index contributed by atoms with van der Waals surface area (Å²) in [6.07, 6.45) is 4.41. The van der Waals surface area contributed by atoms with Gasteiger partial charge in [-0.15, -0.1) is 0 Å². The molecule has 0 saturated heterocycles. The van der Waals surface area contributed by atoms with E-state index in [0.717, 1.165) is 5.56 Å². The lowest BCUT2D eigenvalue weighted by Crippen LogP contribution is -2.24. The molecule has 4 nitrogen and oxygen atoms in total. The minimum Gasteiger partial charge on any atom is -0.472 e. The average Bonchev–Trinajstić information content (AvgIpc) is 2.70. The Hall–Kier alpha value is -1.10. The van der Waals surface area contributed by atoms with Crippen LogP contribution >= 0.6 is 0 Å². The molecule has 0 saturated carbocycles. The largest absolute Gasteiger partial charge is 0.472 e. The number of rotatable bonds is 2. The smallest absolute Gasteiger partial charge is 0.180 e. The molecule has 2 rings (SSSR count). The number of aliphatic hydroxyl groups excluding tert-OH is 2. The van der Waals surface area contributed by atoms with Crippen LogP contribution < -0.4 is 0 Å². The maximum atomic E-state index is 9.46. The molecule has 14 heavy (non-hydrogen) atoms. The average molecular weight is 196 g/mol. The zero-order chi connectivity index (χ0) is 9.97.